The van der Waals surface area contributed by atoms with Crippen LogP contribution < -0.4 is 0 Å². The van der Waals surface area contributed by atoms with Crippen LogP contribution in [0.1, 0.15) is 55.9 Å². The van der Waals surface area contributed by atoms with Gasteiger partial charge in [-0.25, -0.2) is 0 Å². The number of nitrogens with zero attached hydrogens (tertiary/aromatic N) is 2. The Labute approximate surface area is 103 Å². The van der Waals surface area contributed by atoms with Gasteiger partial charge in [0.2, 0.25) is 0 Å². The normalized spacial score (nSPS) is 20.4. The van der Waals surface area contributed by atoms with Gasteiger partial charge in [0.1, 0.15) is 5.01 Å². The second kappa shape index (κ2) is 5.39. The highest BCUT2D eigenvalue weighted by Gasteiger charge is 2.17. The van der Waals surface area contributed by atoms with E-state index in [1.807, 2.05) is 0 Å². The van der Waals surface area contributed by atoms with Crippen molar-refractivity contribution in [3.05, 3.63) is 8.02 Å². The van der Waals surface area contributed by atoms with E-state index in [0.29, 0.717) is 5.92 Å². The van der Waals surface area contributed by atoms with Crippen LogP contribution in [0.3, 0.4) is 0 Å². The molecule has 1 aliphatic rings. The lowest BCUT2D eigenvalue weighted by atomic mass is 9.92. The third-order valence-corrected chi connectivity index (χ3v) is 4.62. The van der Waals surface area contributed by atoms with E-state index in [0.717, 1.165) is 3.01 Å². The van der Waals surface area contributed by atoms with E-state index in [2.05, 4.69) is 32.8 Å². The SMILES string of the molecule is Ic1nnc(C2CCCCCCC2)s1. The van der Waals surface area contributed by atoms with Crippen molar-refractivity contribution in [1.82, 2.24) is 10.2 Å². The summed E-state index contributed by atoms with van der Waals surface area (Å²) in [6, 6.07) is 0. The molecule has 1 saturated carbocycles. The topological polar surface area (TPSA) is 25.8 Å². The molecule has 0 spiro atoms. The Morgan fingerprint density at radius 2 is 1.64 bits per heavy atom. The van der Waals surface area contributed by atoms with Gasteiger partial charge in [0, 0.05) is 5.92 Å². The third-order valence-electron chi connectivity index (χ3n) is 2.87. The molecule has 1 aromatic heterocycles. The second-order valence-electron chi connectivity index (χ2n) is 3.94. The lowest BCUT2D eigenvalue weighted by molar-refractivity contribution is 0.453. The maximum atomic E-state index is 4.27. The van der Waals surface area contributed by atoms with Gasteiger partial charge in [-0.15, -0.1) is 10.2 Å². The first-order valence-electron chi connectivity index (χ1n) is 5.35. The standard InChI is InChI=1S/C10H15IN2S/c11-10-13-12-9(14-10)8-6-4-2-1-3-5-7-8/h8H,1-7H2. The van der Waals surface area contributed by atoms with E-state index < -0.39 is 0 Å². The average Bonchev–Trinajstić information content (AvgIpc) is 2.51. The molecule has 0 bridgehead atoms. The lowest BCUT2D eigenvalue weighted by Gasteiger charge is -2.16. The Hall–Kier alpha value is 0.290. The molecule has 2 nitrogen and oxygen atoms in total. The quantitative estimate of drug-likeness (QED) is 0.731. The van der Waals surface area contributed by atoms with E-state index in [1.165, 1.54) is 50.0 Å². The van der Waals surface area contributed by atoms with E-state index in [1.54, 1.807) is 11.3 Å². The molecule has 4 heteroatoms. The van der Waals surface area contributed by atoms with Crippen LogP contribution in [-0.2, 0) is 0 Å². The molecule has 0 atom stereocenters. The molecule has 0 unspecified atom stereocenters. The molecular formula is C10H15IN2S. The van der Waals surface area contributed by atoms with E-state index in [-0.39, 0.29) is 0 Å². The Kier molecular flexibility index (Phi) is 4.16. The fourth-order valence-corrected chi connectivity index (χ4v) is 3.61. The lowest BCUT2D eigenvalue weighted by Crippen LogP contribution is -2.01. The van der Waals surface area contributed by atoms with Gasteiger partial charge < -0.3 is 0 Å². The molecule has 0 amide bonds. The predicted octanol–water partition coefficient (Wildman–Crippen LogP) is 3.97. The molecule has 1 aliphatic carbocycles. The summed E-state index contributed by atoms with van der Waals surface area (Å²) in [4.78, 5) is 0. The van der Waals surface area contributed by atoms with Crippen LogP contribution in [-0.4, -0.2) is 10.2 Å². The van der Waals surface area contributed by atoms with Crippen molar-refractivity contribution in [3.63, 3.8) is 0 Å². The van der Waals surface area contributed by atoms with Gasteiger partial charge in [-0.1, -0.05) is 43.4 Å². The van der Waals surface area contributed by atoms with Gasteiger partial charge in [0.25, 0.3) is 0 Å². The van der Waals surface area contributed by atoms with Crippen molar-refractivity contribution in [1.29, 1.82) is 0 Å². The Bertz CT molecular complexity index is 279. The third kappa shape index (κ3) is 2.89. The minimum Gasteiger partial charge on any atom is -0.142 e. The molecule has 0 aliphatic heterocycles. The highest BCUT2D eigenvalue weighted by molar-refractivity contribution is 14.1. The van der Waals surface area contributed by atoms with Gasteiger partial charge in [-0.05, 0) is 35.4 Å². The smallest absolute Gasteiger partial charge is 0.142 e. The fraction of sp³-hybridized carbons (Fsp3) is 0.800. The van der Waals surface area contributed by atoms with Gasteiger partial charge in [0.05, 0.1) is 0 Å². The highest BCUT2D eigenvalue weighted by atomic mass is 127. The molecule has 1 aromatic rings. The highest BCUT2D eigenvalue weighted by Crippen LogP contribution is 2.32. The Morgan fingerprint density at radius 3 is 2.21 bits per heavy atom. The van der Waals surface area contributed by atoms with Crippen LogP contribution in [0.25, 0.3) is 0 Å². The Balaban J connectivity index is 2.00. The number of rotatable bonds is 1. The molecular weight excluding hydrogens is 307 g/mol. The van der Waals surface area contributed by atoms with E-state index in [4.69, 9.17) is 0 Å². The minimum atomic E-state index is 0.705. The summed E-state index contributed by atoms with van der Waals surface area (Å²) < 4.78 is 1.08. The number of hydrogen-bond acceptors (Lipinski definition) is 3. The first-order chi connectivity index (χ1) is 6.86. The van der Waals surface area contributed by atoms with Gasteiger partial charge >= 0.3 is 0 Å². The van der Waals surface area contributed by atoms with Crippen molar-refractivity contribution in [2.24, 2.45) is 0 Å². The molecule has 2 rings (SSSR count). The largest absolute Gasteiger partial charge is 0.178 e. The van der Waals surface area contributed by atoms with Crippen molar-refractivity contribution < 1.29 is 0 Å². The molecule has 0 aromatic carbocycles. The molecule has 1 heterocycles. The number of aromatic nitrogens is 2. The van der Waals surface area contributed by atoms with Crippen molar-refractivity contribution in [2.45, 2.75) is 50.9 Å². The molecule has 78 valence electrons. The Morgan fingerprint density at radius 1 is 1.00 bits per heavy atom. The summed E-state index contributed by atoms with van der Waals surface area (Å²) in [5.41, 5.74) is 0. The average molecular weight is 322 g/mol. The van der Waals surface area contributed by atoms with Crippen LogP contribution in [0.15, 0.2) is 0 Å². The molecule has 0 N–H and O–H groups in total. The summed E-state index contributed by atoms with van der Waals surface area (Å²) in [7, 11) is 0. The van der Waals surface area contributed by atoms with Crippen molar-refractivity contribution in [3.8, 4) is 0 Å². The van der Waals surface area contributed by atoms with Gasteiger partial charge in [-0.2, -0.15) is 0 Å². The second-order valence-corrected chi connectivity index (χ2v) is 6.70. The summed E-state index contributed by atoms with van der Waals surface area (Å²) in [5.74, 6) is 0.705. The monoisotopic (exact) mass is 322 g/mol. The van der Waals surface area contributed by atoms with Gasteiger partial charge in [-0.3, -0.25) is 0 Å². The van der Waals surface area contributed by atoms with Crippen LogP contribution >= 0.6 is 33.9 Å². The number of hydrogen-bond donors (Lipinski definition) is 0. The van der Waals surface area contributed by atoms with Gasteiger partial charge in [0.15, 0.2) is 3.01 Å². The first-order valence-corrected chi connectivity index (χ1v) is 7.24. The zero-order valence-electron chi connectivity index (χ0n) is 8.21. The van der Waals surface area contributed by atoms with Crippen LogP contribution in [0.2, 0.25) is 0 Å². The maximum absolute atomic E-state index is 4.27. The minimum absolute atomic E-state index is 0.705. The van der Waals surface area contributed by atoms with Crippen LogP contribution in [0.5, 0.6) is 0 Å². The molecule has 0 saturated heterocycles. The zero-order chi connectivity index (χ0) is 9.80. The molecule has 1 fully saturated rings. The van der Waals surface area contributed by atoms with Crippen molar-refractivity contribution >= 4 is 33.9 Å². The molecule has 0 radical (unpaired) electrons. The maximum Gasteiger partial charge on any atom is 0.178 e. The van der Waals surface area contributed by atoms with Crippen LogP contribution in [0, 0.1) is 3.01 Å². The first kappa shape index (κ1) is 10.8. The molecule has 14 heavy (non-hydrogen) atoms. The number of halogens is 1. The van der Waals surface area contributed by atoms with Crippen molar-refractivity contribution in [2.75, 3.05) is 0 Å². The summed E-state index contributed by atoms with van der Waals surface area (Å²) in [6.07, 6.45) is 9.65. The van der Waals surface area contributed by atoms with Crippen LogP contribution in [0.4, 0.5) is 0 Å². The van der Waals surface area contributed by atoms with E-state index in [9.17, 15) is 0 Å². The fourth-order valence-electron chi connectivity index (χ4n) is 2.08. The zero-order valence-corrected chi connectivity index (χ0v) is 11.2. The summed E-state index contributed by atoms with van der Waals surface area (Å²) in [5, 5.41) is 9.65. The summed E-state index contributed by atoms with van der Waals surface area (Å²) in [6.45, 7) is 0. The predicted molar refractivity (Wildman–Crippen MR) is 67.7 cm³/mol. The van der Waals surface area contributed by atoms with E-state index >= 15 is 0 Å². The summed E-state index contributed by atoms with van der Waals surface area (Å²) >= 11 is 4.03.